The normalized spacial score (nSPS) is 10.9. The molecule has 1 heterocycles. The Hall–Kier alpha value is -1.96. The van der Waals surface area contributed by atoms with Gasteiger partial charge in [-0.25, -0.2) is 10.8 Å². The molecule has 1 aromatic heterocycles. The van der Waals surface area contributed by atoms with Gasteiger partial charge in [0, 0.05) is 5.39 Å². The molecular weight excluding hydrogens is 234 g/mol. The quantitative estimate of drug-likeness (QED) is 0.364. The minimum absolute atomic E-state index is 0.194. The van der Waals surface area contributed by atoms with E-state index >= 15 is 0 Å². The number of hydrogen-bond acceptors (Lipinski definition) is 7. The van der Waals surface area contributed by atoms with E-state index in [1.165, 1.54) is 0 Å². The molecule has 0 aliphatic rings. The maximum atomic E-state index is 9.08. The number of fused-ring (bicyclic) bond motifs is 1. The molecule has 2 aromatic rings. The summed E-state index contributed by atoms with van der Waals surface area (Å²) >= 11 is 0. The number of anilines is 2. The number of aromatic nitrogens is 2. The summed E-state index contributed by atoms with van der Waals surface area (Å²) in [5.41, 5.74) is 3.10. The van der Waals surface area contributed by atoms with E-state index in [2.05, 4.69) is 20.7 Å². The lowest BCUT2D eigenvalue weighted by Gasteiger charge is -2.16. The number of nitrogen functional groups attached to an aromatic ring is 1. The number of nitrogens with one attached hydrogen (secondary N) is 2. The van der Waals surface area contributed by atoms with Crippen molar-refractivity contribution in [2.75, 3.05) is 24.0 Å². The van der Waals surface area contributed by atoms with Crippen molar-refractivity contribution in [1.29, 1.82) is 0 Å². The maximum Gasteiger partial charge on any atom is 0.239 e. The van der Waals surface area contributed by atoms with Gasteiger partial charge >= 0.3 is 0 Å². The van der Waals surface area contributed by atoms with Crippen LogP contribution < -0.4 is 16.6 Å². The number of hydrazine groups is 1. The first-order valence-corrected chi connectivity index (χ1v) is 5.50. The highest BCUT2D eigenvalue weighted by Gasteiger charge is 2.11. The Labute approximate surface area is 104 Å². The molecule has 0 spiro atoms. The highest BCUT2D eigenvalue weighted by Crippen LogP contribution is 2.21. The van der Waals surface area contributed by atoms with Crippen LogP contribution in [0, 0.1) is 0 Å². The Bertz CT molecular complexity index is 530. The molecular formula is C11H15N5O2. The molecule has 1 aromatic carbocycles. The van der Waals surface area contributed by atoms with E-state index in [1.807, 2.05) is 24.3 Å². The van der Waals surface area contributed by atoms with E-state index in [0.29, 0.717) is 5.82 Å². The van der Waals surface area contributed by atoms with Crippen LogP contribution in [0.25, 0.3) is 10.9 Å². The Balaban J connectivity index is 2.46. The second-order valence-electron chi connectivity index (χ2n) is 3.76. The zero-order valence-electron chi connectivity index (χ0n) is 9.67. The lowest BCUT2D eigenvalue weighted by molar-refractivity contribution is 0.203. The molecule has 6 N–H and O–H groups in total. The summed E-state index contributed by atoms with van der Waals surface area (Å²) in [5.74, 6) is 6.09. The molecule has 0 bridgehead atoms. The van der Waals surface area contributed by atoms with Crippen molar-refractivity contribution in [3.8, 4) is 0 Å². The Morgan fingerprint density at radius 2 is 1.89 bits per heavy atom. The lowest BCUT2D eigenvalue weighted by atomic mass is 10.2. The van der Waals surface area contributed by atoms with Crippen LogP contribution in [0.15, 0.2) is 24.3 Å². The standard InChI is InChI=1S/C11H15N5O2/c12-16-11-14-9-4-2-1-3-8(9)10(15-11)13-7(5-17)6-18/h1-4,7,17-18H,5-6,12H2,(H2,13,14,15,16). The lowest BCUT2D eigenvalue weighted by Crippen LogP contribution is -2.28. The average Bonchev–Trinajstić information content (AvgIpc) is 2.44. The number of nitrogens with zero attached hydrogens (tertiary/aromatic N) is 2. The number of rotatable bonds is 5. The van der Waals surface area contributed by atoms with Crippen LogP contribution in [-0.2, 0) is 0 Å². The topological polar surface area (TPSA) is 116 Å². The number of benzene rings is 1. The molecule has 0 aliphatic carbocycles. The molecule has 0 saturated heterocycles. The number of nitrogens with two attached hydrogens (primary N) is 1. The summed E-state index contributed by atoms with van der Waals surface area (Å²) in [6.45, 7) is -0.388. The van der Waals surface area contributed by atoms with Crippen molar-refractivity contribution in [2.24, 2.45) is 5.84 Å². The van der Waals surface area contributed by atoms with Crippen molar-refractivity contribution < 1.29 is 10.2 Å². The SMILES string of the molecule is NNc1nc(NC(CO)CO)c2ccccc2n1. The van der Waals surface area contributed by atoms with Gasteiger partial charge in [0.05, 0.1) is 24.8 Å². The van der Waals surface area contributed by atoms with E-state index in [-0.39, 0.29) is 19.2 Å². The van der Waals surface area contributed by atoms with Gasteiger partial charge in [0.1, 0.15) is 5.82 Å². The number of aliphatic hydroxyl groups excluding tert-OH is 2. The summed E-state index contributed by atoms with van der Waals surface area (Å²) in [4.78, 5) is 8.38. The second kappa shape index (κ2) is 5.58. The molecule has 96 valence electrons. The molecule has 7 nitrogen and oxygen atoms in total. The van der Waals surface area contributed by atoms with Gasteiger partial charge in [0.2, 0.25) is 5.95 Å². The fourth-order valence-electron chi connectivity index (χ4n) is 1.59. The molecule has 0 saturated carbocycles. The van der Waals surface area contributed by atoms with Gasteiger partial charge in [0.25, 0.3) is 0 Å². The highest BCUT2D eigenvalue weighted by atomic mass is 16.3. The van der Waals surface area contributed by atoms with Crippen molar-refractivity contribution in [1.82, 2.24) is 9.97 Å². The summed E-state index contributed by atoms with van der Waals surface area (Å²) < 4.78 is 0. The zero-order valence-corrected chi connectivity index (χ0v) is 9.67. The van der Waals surface area contributed by atoms with Gasteiger partial charge in [-0.2, -0.15) is 4.98 Å². The van der Waals surface area contributed by atoms with Crippen LogP contribution in [0.1, 0.15) is 0 Å². The second-order valence-corrected chi connectivity index (χ2v) is 3.76. The van der Waals surface area contributed by atoms with Crippen molar-refractivity contribution in [3.05, 3.63) is 24.3 Å². The number of para-hydroxylation sites is 1. The molecule has 0 aliphatic heterocycles. The Kier molecular flexibility index (Phi) is 3.88. The van der Waals surface area contributed by atoms with Crippen LogP contribution >= 0.6 is 0 Å². The first kappa shape index (κ1) is 12.5. The summed E-state index contributed by atoms with van der Waals surface area (Å²) in [7, 11) is 0. The van der Waals surface area contributed by atoms with Crippen LogP contribution in [-0.4, -0.2) is 39.4 Å². The van der Waals surface area contributed by atoms with Crippen molar-refractivity contribution >= 4 is 22.7 Å². The first-order chi connectivity index (χ1) is 8.78. The average molecular weight is 249 g/mol. The first-order valence-electron chi connectivity index (χ1n) is 5.50. The van der Waals surface area contributed by atoms with Gasteiger partial charge in [0.15, 0.2) is 0 Å². The van der Waals surface area contributed by atoms with E-state index in [9.17, 15) is 0 Å². The van der Waals surface area contributed by atoms with E-state index in [0.717, 1.165) is 10.9 Å². The minimum Gasteiger partial charge on any atom is -0.394 e. The fraction of sp³-hybridized carbons (Fsp3) is 0.273. The Morgan fingerprint density at radius 1 is 1.17 bits per heavy atom. The van der Waals surface area contributed by atoms with E-state index < -0.39 is 6.04 Å². The predicted octanol–water partition coefficient (Wildman–Crippen LogP) is -0.320. The molecule has 7 heteroatoms. The van der Waals surface area contributed by atoms with Gasteiger partial charge in [-0.1, -0.05) is 12.1 Å². The third-order valence-corrected chi connectivity index (χ3v) is 2.51. The smallest absolute Gasteiger partial charge is 0.239 e. The molecule has 18 heavy (non-hydrogen) atoms. The van der Waals surface area contributed by atoms with Gasteiger partial charge in [-0.3, -0.25) is 5.43 Å². The molecule has 0 amide bonds. The van der Waals surface area contributed by atoms with Gasteiger partial charge in [-0.15, -0.1) is 0 Å². The van der Waals surface area contributed by atoms with Crippen molar-refractivity contribution in [3.63, 3.8) is 0 Å². The largest absolute Gasteiger partial charge is 0.394 e. The van der Waals surface area contributed by atoms with E-state index in [1.54, 1.807) is 0 Å². The summed E-state index contributed by atoms with van der Waals surface area (Å²) in [6, 6.07) is 6.92. The minimum atomic E-state index is -0.478. The van der Waals surface area contributed by atoms with Crippen LogP contribution in [0.4, 0.5) is 11.8 Å². The number of hydrogen-bond donors (Lipinski definition) is 5. The van der Waals surface area contributed by atoms with Crippen LogP contribution in [0.5, 0.6) is 0 Å². The van der Waals surface area contributed by atoms with Crippen LogP contribution in [0.2, 0.25) is 0 Å². The molecule has 0 unspecified atom stereocenters. The third kappa shape index (κ3) is 2.48. The van der Waals surface area contributed by atoms with E-state index in [4.69, 9.17) is 16.1 Å². The van der Waals surface area contributed by atoms with Crippen molar-refractivity contribution in [2.45, 2.75) is 6.04 Å². The van der Waals surface area contributed by atoms with Gasteiger partial charge in [-0.05, 0) is 12.1 Å². The van der Waals surface area contributed by atoms with Gasteiger partial charge < -0.3 is 15.5 Å². The molecule has 0 atom stereocenters. The monoisotopic (exact) mass is 249 g/mol. The zero-order chi connectivity index (χ0) is 13.0. The summed E-state index contributed by atoms with van der Waals surface area (Å²) in [5, 5.41) is 21.9. The molecule has 2 rings (SSSR count). The predicted molar refractivity (Wildman–Crippen MR) is 68.9 cm³/mol. The number of aliphatic hydroxyl groups is 2. The molecule has 0 radical (unpaired) electrons. The fourth-order valence-corrected chi connectivity index (χ4v) is 1.59. The maximum absolute atomic E-state index is 9.08. The highest BCUT2D eigenvalue weighted by molar-refractivity contribution is 5.90. The summed E-state index contributed by atoms with van der Waals surface area (Å²) in [6.07, 6.45) is 0. The third-order valence-electron chi connectivity index (χ3n) is 2.51. The molecule has 0 fully saturated rings. The Morgan fingerprint density at radius 3 is 2.56 bits per heavy atom. The van der Waals surface area contributed by atoms with Crippen LogP contribution in [0.3, 0.4) is 0 Å².